The van der Waals surface area contributed by atoms with Gasteiger partial charge in [0.25, 0.3) is 0 Å². The summed E-state index contributed by atoms with van der Waals surface area (Å²) in [5.74, 6) is -0.958. The highest BCUT2D eigenvalue weighted by atomic mass is 16.5. The van der Waals surface area contributed by atoms with E-state index in [9.17, 15) is 4.79 Å². The third-order valence-electron chi connectivity index (χ3n) is 1.78. The van der Waals surface area contributed by atoms with Crippen molar-refractivity contribution in [1.29, 1.82) is 0 Å². The van der Waals surface area contributed by atoms with Gasteiger partial charge in [-0.2, -0.15) is 0 Å². The van der Waals surface area contributed by atoms with Gasteiger partial charge in [-0.25, -0.2) is 9.78 Å². The highest BCUT2D eigenvalue weighted by Gasteiger charge is 2.05. The van der Waals surface area contributed by atoms with Crippen LogP contribution in [0.3, 0.4) is 0 Å². The van der Waals surface area contributed by atoms with E-state index in [4.69, 9.17) is 9.84 Å². The van der Waals surface area contributed by atoms with E-state index in [0.29, 0.717) is 6.04 Å². The third-order valence-corrected chi connectivity index (χ3v) is 1.78. The number of aromatic nitrogens is 2. The Morgan fingerprint density at radius 1 is 1.71 bits per heavy atom. The first kappa shape index (κ1) is 10.7. The summed E-state index contributed by atoms with van der Waals surface area (Å²) in [4.78, 5) is 14.2. The van der Waals surface area contributed by atoms with E-state index in [1.54, 1.807) is 12.5 Å². The maximum Gasteiger partial charge on any atom is 0.329 e. The van der Waals surface area contributed by atoms with Crippen molar-refractivity contribution in [2.45, 2.75) is 26.5 Å². The zero-order valence-electron chi connectivity index (χ0n) is 8.30. The van der Waals surface area contributed by atoms with Gasteiger partial charge in [-0.1, -0.05) is 0 Å². The molecule has 1 heterocycles. The molecule has 0 aliphatic heterocycles. The smallest absolute Gasteiger partial charge is 0.329 e. The molecule has 5 nitrogen and oxygen atoms in total. The van der Waals surface area contributed by atoms with Crippen LogP contribution in [-0.4, -0.2) is 27.2 Å². The zero-order chi connectivity index (χ0) is 10.6. The summed E-state index contributed by atoms with van der Waals surface area (Å²) in [7, 11) is 0. The van der Waals surface area contributed by atoms with Crippen molar-refractivity contribution >= 4 is 5.97 Å². The van der Waals surface area contributed by atoms with E-state index in [2.05, 4.69) is 4.98 Å². The quantitative estimate of drug-likeness (QED) is 0.768. The predicted molar refractivity (Wildman–Crippen MR) is 49.9 cm³/mol. The van der Waals surface area contributed by atoms with Gasteiger partial charge in [-0.3, -0.25) is 0 Å². The summed E-state index contributed by atoms with van der Waals surface area (Å²) in [5, 5.41) is 8.37. The average Bonchev–Trinajstić information content (AvgIpc) is 2.51. The van der Waals surface area contributed by atoms with Gasteiger partial charge >= 0.3 is 5.97 Å². The number of carboxylic acid groups (broad SMARTS) is 1. The number of carbonyl (C=O) groups is 1. The lowest BCUT2D eigenvalue weighted by molar-refractivity contribution is -0.142. The van der Waals surface area contributed by atoms with Crippen LogP contribution >= 0.6 is 0 Å². The van der Waals surface area contributed by atoms with Crippen LogP contribution in [0.15, 0.2) is 12.5 Å². The van der Waals surface area contributed by atoms with E-state index < -0.39 is 5.97 Å². The van der Waals surface area contributed by atoms with Crippen LogP contribution in [0.2, 0.25) is 0 Å². The largest absolute Gasteiger partial charge is 0.480 e. The van der Waals surface area contributed by atoms with Crippen LogP contribution in [0.5, 0.6) is 0 Å². The number of carboxylic acids is 1. The van der Waals surface area contributed by atoms with Crippen LogP contribution in [0.1, 0.15) is 25.6 Å². The van der Waals surface area contributed by atoms with Crippen LogP contribution in [0.25, 0.3) is 0 Å². The Hall–Kier alpha value is -1.36. The molecule has 0 spiro atoms. The van der Waals surface area contributed by atoms with Crippen molar-refractivity contribution in [2.75, 3.05) is 6.61 Å². The van der Waals surface area contributed by atoms with Crippen molar-refractivity contribution in [1.82, 2.24) is 9.55 Å². The van der Waals surface area contributed by atoms with Gasteiger partial charge in [0.2, 0.25) is 0 Å². The minimum absolute atomic E-state index is 0.275. The molecule has 0 aliphatic carbocycles. The summed E-state index contributed by atoms with van der Waals surface area (Å²) < 4.78 is 6.92. The van der Waals surface area contributed by atoms with Gasteiger partial charge in [0.15, 0.2) is 0 Å². The lowest BCUT2D eigenvalue weighted by atomic mass is 10.3. The van der Waals surface area contributed by atoms with E-state index in [0.717, 1.165) is 5.69 Å². The number of ether oxygens (including phenoxy) is 1. The summed E-state index contributed by atoms with van der Waals surface area (Å²) in [6, 6.07) is 0.306. The second-order valence-electron chi connectivity index (χ2n) is 3.27. The average molecular weight is 198 g/mol. The molecule has 0 aliphatic rings. The second-order valence-corrected chi connectivity index (χ2v) is 3.27. The first-order valence-corrected chi connectivity index (χ1v) is 4.41. The van der Waals surface area contributed by atoms with E-state index in [1.165, 1.54) is 0 Å². The minimum Gasteiger partial charge on any atom is -0.480 e. The highest BCUT2D eigenvalue weighted by Crippen LogP contribution is 2.09. The Morgan fingerprint density at radius 2 is 2.43 bits per heavy atom. The third kappa shape index (κ3) is 2.85. The molecule has 0 atom stereocenters. The van der Waals surface area contributed by atoms with Gasteiger partial charge in [-0.15, -0.1) is 0 Å². The highest BCUT2D eigenvalue weighted by molar-refractivity contribution is 5.67. The summed E-state index contributed by atoms with van der Waals surface area (Å²) >= 11 is 0. The first-order valence-electron chi connectivity index (χ1n) is 4.41. The number of nitrogens with zero attached hydrogens (tertiary/aromatic N) is 2. The molecule has 78 valence electrons. The fourth-order valence-corrected chi connectivity index (χ4v) is 1.15. The zero-order valence-corrected chi connectivity index (χ0v) is 8.30. The van der Waals surface area contributed by atoms with E-state index >= 15 is 0 Å². The van der Waals surface area contributed by atoms with Gasteiger partial charge in [0.05, 0.1) is 24.8 Å². The number of hydrogen-bond acceptors (Lipinski definition) is 3. The monoisotopic (exact) mass is 198 g/mol. The topological polar surface area (TPSA) is 64.4 Å². The second kappa shape index (κ2) is 4.76. The summed E-state index contributed by atoms with van der Waals surface area (Å²) in [6.07, 6.45) is 3.39. The van der Waals surface area contributed by atoms with Gasteiger partial charge in [-0.05, 0) is 13.8 Å². The molecule has 0 fully saturated rings. The Balaban J connectivity index is 2.50. The molecule has 0 aromatic carbocycles. The van der Waals surface area contributed by atoms with E-state index in [1.807, 2.05) is 18.4 Å². The summed E-state index contributed by atoms with van der Waals surface area (Å²) in [6.45, 7) is 4.07. The Kier molecular flexibility index (Phi) is 3.64. The first-order chi connectivity index (χ1) is 6.61. The molecule has 1 aromatic rings. The molecule has 0 unspecified atom stereocenters. The Morgan fingerprint density at radius 3 is 3.00 bits per heavy atom. The van der Waals surface area contributed by atoms with Crippen molar-refractivity contribution in [3.05, 3.63) is 18.2 Å². The van der Waals surface area contributed by atoms with Gasteiger partial charge in [0, 0.05) is 6.04 Å². The lowest BCUT2D eigenvalue weighted by Gasteiger charge is -2.10. The molecular formula is C9H14N2O3. The van der Waals surface area contributed by atoms with Crippen LogP contribution < -0.4 is 0 Å². The number of hydrogen-bond donors (Lipinski definition) is 1. The molecule has 1 rings (SSSR count). The van der Waals surface area contributed by atoms with E-state index in [-0.39, 0.29) is 13.2 Å². The normalized spacial score (nSPS) is 10.8. The molecule has 5 heteroatoms. The minimum atomic E-state index is -0.958. The molecule has 0 bridgehead atoms. The maximum absolute atomic E-state index is 10.2. The Labute approximate surface area is 82.3 Å². The van der Waals surface area contributed by atoms with Crippen molar-refractivity contribution < 1.29 is 14.6 Å². The molecule has 1 N–H and O–H groups in total. The summed E-state index contributed by atoms with van der Waals surface area (Å²) in [5.41, 5.74) is 0.890. The maximum atomic E-state index is 10.2. The van der Waals surface area contributed by atoms with Crippen LogP contribution in [0.4, 0.5) is 0 Å². The molecule has 1 aromatic heterocycles. The van der Waals surface area contributed by atoms with Gasteiger partial charge < -0.3 is 14.4 Å². The van der Waals surface area contributed by atoms with Crippen LogP contribution in [0, 0.1) is 0 Å². The fraction of sp³-hybridized carbons (Fsp3) is 0.556. The van der Waals surface area contributed by atoms with Crippen molar-refractivity contribution in [3.63, 3.8) is 0 Å². The molecular weight excluding hydrogens is 184 g/mol. The lowest BCUT2D eigenvalue weighted by Crippen LogP contribution is -2.10. The SMILES string of the molecule is CC(C)n1cncc1COCC(=O)O. The van der Waals surface area contributed by atoms with Crippen LogP contribution in [-0.2, 0) is 16.1 Å². The molecule has 0 radical (unpaired) electrons. The standard InChI is InChI=1S/C9H14N2O3/c1-7(2)11-6-10-3-8(11)4-14-5-9(12)13/h3,6-7H,4-5H2,1-2H3,(H,12,13). The molecule has 0 saturated heterocycles. The van der Waals surface area contributed by atoms with Crippen molar-refractivity contribution in [2.24, 2.45) is 0 Å². The number of rotatable bonds is 5. The molecule has 14 heavy (non-hydrogen) atoms. The molecule has 0 saturated carbocycles. The number of imidazole rings is 1. The van der Waals surface area contributed by atoms with Crippen molar-refractivity contribution in [3.8, 4) is 0 Å². The number of aliphatic carboxylic acids is 1. The Bertz CT molecular complexity index is 307. The fourth-order valence-electron chi connectivity index (χ4n) is 1.15. The molecule has 0 amide bonds. The van der Waals surface area contributed by atoms with Gasteiger partial charge in [0.1, 0.15) is 6.61 Å². The predicted octanol–water partition coefficient (Wildman–Crippen LogP) is 1.07.